The molecule has 0 saturated heterocycles. The van der Waals surface area contributed by atoms with E-state index in [4.69, 9.17) is 27.9 Å². The van der Waals surface area contributed by atoms with E-state index < -0.39 is 0 Å². The van der Waals surface area contributed by atoms with Gasteiger partial charge in [-0.05, 0) is 38.5 Å². The van der Waals surface area contributed by atoms with Crippen molar-refractivity contribution in [1.82, 2.24) is 10.2 Å². The summed E-state index contributed by atoms with van der Waals surface area (Å²) in [7, 11) is 1.61. The van der Waals surface area contributed by atoms with E-state index in [0.717, 1.165) is 0 Å². The fraction of sp³-hybridized carbons (Fsp3) is 0.500. The highest BCUT2D eigenvalue weighted by atomic mass is 35.5. The van der Waals surface area contributed by atoms with Crippen LogP contribution in [-0.4, -0.2) is 43.0 Å². The predicted molar refractivity (Wildman–Crippen MR) is 92.1 cm³/mol. The van der Waals surface area contributed by atoms with Crippen LogP contribution in [0.2, 0.25) is 10.0 Å². The van der Waals surface area contributed by atoms with Gasteiger partial charge in [-0.1, -0.05) is 23.2 Å². The standard InChI is InChI=1S/C16H22Cl2N2O3/c1-11(2)19-15(21)10-20(3)16(22)5-4-8-23-14-7-6-12(17)9-13(14)18/h6-7,9,11H,4-5,8,10H2,1-3H3,(H,19,21). The van der Waals surface area contributed by atoms with Crippen LogP contribution in [0.1, 0.15) is 26.7 Å². The molecule has 0 heterocycles. The van der Waals surface area contributed by atoms with Gasteiger partial charge in [-0.25, -0.2) is 0 Å². The third kappa shape index (κ3) is 7.57. The molecule has 0 aliphatic heterocycles. The number of hydrogen-bond acceptors (Lipinski definition) is 3. The van der Waals surface area contributed by atoms with Crippen LogP contribution in [-0.2, 0) is 9.59 Å². The van der Waals surface area contributed by atoms with Crippen LogP contribution >= 0.6 is 23.2 Å². The van der Waals surface area contributed by atoms with Gasteiger partial charge >= 0.3 is 0 Å². The largest absolute Gasteiger partial charge is 0.492 e. The molecule has 0 saturated carbocycles. The fourth-order valence-electron chi connectivity index (χ4n) is 1.86. The maximum absolute atomic E-state index is 11.9. The Labute approximate surface area is 146 Å². The maximum Gasteiger partial charge on any atom is 0.239 e. The van der Waals surface area contributed by atoms with Crippen LogP contribution in [0.5, 0.6) is 5.75 Å². The van der Waals surface area contributed by atoms with Crippen LogP contribution in [0.4, 0.5) is 0 Å². The van der Waals surface area contributed by atoms with E-state index in [1.54, 1.807) is 25.2 Å². The number of nitrogens with zero attached hydrogens (tertiary/aromatic N) is 1. The summed E-state index contributed by atoms with van der Waals surface area (Å²) in [5.74, 6) is 0.267. The lowest BCUT2D eigenvalue weighted by atomic mass is 10.3. The Kier molecular flexibility index (Phi) is 8.20. The van der Waals surface area contributed by atoms with Crippen molar-refractivity contribution in [2.75, 3.05) is 20.2 Å². The molecule has 7 heteroatoms. The number of halogens is 2. The van der Waals surface area contributed by atoms with E-state index in [2.05, 4.69) is 5.32 Å². The van der Waals surface area contributed by atoms with Crippen LogP contribution in [0.3, 0.4) is 0 Å². The lowest BCUT2D eigenvalue weighted by Crippen LogP contribution is -2.40. The van der Waals surface area contributed by atoms with Crippen LogP contribution in [0.15, 0.2) is 18.2 Å². The molecule has 0 radical (unpaired) electrons. The first-order valence-corrected chi connectivity index (χ1v) is 8.16. The fourth-order valence-corrected chi connectivity index (χ4v) is 2.32. The van der Waals surface area contributed by atoms with Gasteiger partial charge < -0.3 is 15.0 Å². The number of carbonyl (C=O) groups excluding carboxylic acids is 2. The van der Waals surface area contributed by atoms with E-state index >= 15 is 0 Å². The van der Waals surface area contributed by atoms with Gasteiger partial charge in [0.1, 0.15) is 5.75 Å². The Hall–Kier alpha value is -1.46. The molecule has 2 amide bonds. The van der Waals surface area contributed by atoms with Crippen molar-refractivity contribution in [3.8, 4) is 5.75 Å². The maximum atomic E-state index is 11.9. The lowest BCUT2D eigenvalue weighted by molar-refractivity contribution is -0.135. The molecule has 0 atom stereocenters. The number of ether oxygens (including phenoxy) is 1. The van der Waals surface area contributed by atoms with Crippen LogP contribution in [0.25, 0.3) is 0 Å². The van der Waals surface area contributed by atoms with Crippen molar-refractivity contribution < 1.29 is 14.3 Å². The smallest absolute Gasteiger partial charge is 0.239 e. The lowest BCUT2D eigenvalue weighted by Gasteiger charge is -2.18. The molecule has 0 aromatic heterocycles. The molecule has 1 aromatic rings. The molecule has 1 rings (SSSR count). The summed E-state index contributed by atoms with van der Waals surface area (Å²) in [6.45, 7) is 4.16. The highest BCUT2D eigenvalue weighted by Crippen LogP contribution is 2.27. The topological polar surface area (TPSA) is 58.6 Å². The minimum Gasteiger partial charge on any atom is -0.492 e. The third-order valence-electron chi connectivity index (χ3n) is 2.94. The van der Waals surface area contributed by atoms with E-state index in [0.29, 0.717) is 35.2 Å². The number of hydrogen-bond donors (Lipinski definition) is 1. The van der Waals surface area contributed by atoms with Crippen molar-refractivity contribution in [2.45, 2.75) is 32.7 Å². The summed E-state index contributed by atoms with van der Waals surface area (Å²) in [4.78, 5) is 24.9. The van der Waals surface area contributed by atoms with Crippen LogP contribution in [0, 0.1) is 0 Å². The molecule has 0 fully saturated rings. The molecule has 1 N–H and O–H groups in total. The van der Waals surface area contributed by atoms with E-state index in [1.165, 1.54) is 4.90 Å². The van der Waals surface area contributed by atoms with Crippen molar-refractivity contribution in [3.05, 3.63) is 28.2 Å². The van der Waals surface area contributed by atoms with Gasteiger partial charge in [0.15, 0.2) is 0 Å². The van der Waals surface area contributed by atoms with Crippen molar-refractivity contribution in [3.63, 3.8) is 0 Å². The monoisotopic (exact) mass is 360 g/mol. The van der Waals surface area contributed by atoms with Gasteiger partial charge in [-0.3, -0.25) is 9.59 Å². The number of nitrogens with one attached hydrogen (secondary N) is 1. The normalized spacial score (nSPS) is 10.5. The Balaban J connectivity index is 2.29. The summed E-state index contributed by atoms with van der Waals surface area (Å²) < 4.78 is 5.52. The Morgan fingerprint density at radius 3 is 2.61 bits per heavy atom. The van der Waals surface area contributed by atoms with Gasteiger partial charge in [0.25, 0.3) is 0 Å². The third-order valence-corrected chi connectivity index (χ3v) is 3.47. The molecule has 0 spiro atoms. The zero-order chi connectivity index (χ0) is 17.4. The second-order valence-corrected chi connectivity index (χ2v) is 6.34. The molecule has 5 nitrogen and oxygen atoms in total. The molecule has 0 aliphatic rings. The highest BCUT2D eigenvalue weighted by Gasteiger charge is 2.13. The van der Waals surface area contributed by atoms with Gasteiger partial charge in [0, 0.05) is 24.5 Å². The minimum atomic E-state index is -0.167. The summed E-state index contributed by atoms with van der Waals surface area (Å²) in [5, 5.41) is 3.72. The number of rotatable bonds is 8. The van der Waals surface area contributed by atoms with Crippen molar-refractivity contribution in [2.24, 2.45) is 0 Å². The van der Waals surface area contributed by atoms with Gasteiger partial charge in [0.2, 0.25) is 11.8 Å². The first-order chi connectivity index (χ1) is 10.8. The number of likely N-dealkylation sites (N-methyl/N-ethyl adjacent to an activating group) is 1. The molecule has 0 bridgehead atoms. The highest BCUT2D eigenvalue weighted by molar-refractivity contribution is 6.35. The minimum absolute atomic E-state index is 0.0564. The molecule has 1 aromatic carbocycles. The van der Waals surface area contributed by atoms with Gasteiger partial charge in [-0.2, -0.15) is 0 Å². The summed E-state index contributed by atoms with van der Waals surface area (Å²) in [6.07, 6.45) is 0.838. The summed E-state index contributed by atoms with van der Waals surface area (Å²) >= 11 is 11.8. The number of amides is 2. The van der Waals surface area contributed by atoms with E-state index in [1.807, 2.05) is 13.8 Å². The quantitative estimate of drug-likeness (QED) is 0.724. The van der Waals surface area contributed by atoms with E-state index in [-0.39, 0.29) is 24.4 Å². The molecular formula is C16H22Cl2N2O3. The van der Waals surface area contributed by atoms with E-state index in [9.17, 15) is 9.59 Å². The Morgan fingerprint density at radius 2 is 2.00 bits per heavy atom. The summed E-state index contributed by atoms with van der Waals surface area (Å²) in [5.41, 5.74) is 0. The Morgan fingerprint density at radius 1 is 1.30 bits per heavy atom. The average molecular weight is 361 g/mol. The SMILES string of the molecule is CC(C)NC(=O)CN(C)C(=O)CCCOc1ccc(Cl)cc1Cl. The number of carbonyl (C=O) groups is 2. The molecule has 128 valence electrons. The summed E-state index contributed by atoms with van der Waals surface area (Å²) in [6, 6.07) is 5.04. The van der Waals surface area contributed by atoms with Crippen LogP contribution < -0.4 is 10.1 Å². The average Bonchev–Trinajstić information content (AvgIpc) is 2.44. The first kappa shape index (κ1) is 19.6. The van der Waals surface area contributed by atoms with Gasteiger partial charge in [-0.15, -0.1) is 0 Å². The van der Waals surface area contributed by atoms with Crippen molar-refractivity contribution in [1.29, 1.82) is 0 Å². The number of benzene rings is 1. The molecule has 0 unspecified atom stereocenters. The zero-order valence-corrected chi connectivity index (χ0v) is 15.1. The molecular weight excluding hydrogens is 339 g/mol. The Bertz CT molecular complexity index is 550. The van der Waals surface area contributed by atoms with Crippen molar-refractivity contribution >= 4 is 35.0 Å². The molecule has 0 aliphatic carbocycles. The van der Waals surface area contributed by atoms with Gasteiger partial charge in [0.05, 0.1) is 18.2 Å². The predicted octanol–water partition coefficient (Wildman–Crippen LogP) is 3.14. The molecule has 23 heavy (non-hydrogen) atoms. The first-order valence-electron chi connectivity index (χ1n) is 7.40. The zero-order valence-electron chi connectivity index (χ0n) is 13.6. The second-order valence-electron chi connectivity index (χ2n) is 5.50. The second kappa shape index (κ2) is 9.63.